The maximum absolute atomic E-state index is 12.6. The third kappa shape index (κ3) is 5.14. The predicted octanol–water partition coefficient (Wildman–Crippen LogP) is 4.85. The second-order valence-corrected chi connectivity index (χ2v) is 8.12. The van der Waals surface area contributed by atoms with Gasteiger partial charge in [0.25, 0.3) is 5.91 Å². The van der Waals surface area contributed by atoms with Gasteiger partial charge in [0.15, 0.2) is 6.61 Å². The van der Waals surface area contributed by atoms with Crippen LogP contribution in [0.4, 0.5) is 13.2 Å². The Balaban J connectivity index is 1.45. The smallest absolute Gasteiger partial charge is 0.422 e. The van der Waals surface area contributed by atoms with Crippen molar-refractivity contribution in [2.75, 3.05) is 6.61 Å². The van der Waals surface area contributed by atoms with Gasteiger partial charge in [0.1, 0.15) is 5.01 Å². The average molecular weight is 423 g/mol. The lowest BCUT2D eigenvalue weighted by molar-refractivity contribution is -0.154. The highest BCUT2D eigenvalue weighted by Crippen LogP contribution is 2.38. The summed E-state index contributed by atoms with van der Waals surface area (Å²) in [5.41, 5.74) is 2.90. The molecule has 0 aromatic carbocycles. The van der Waals surface area contributed by atoms with E-state index < -0.39 is 12.8 Å². The van der Waals surface area contributed by atoms with Crippen LogP contribution in [0.5, 0.6) is 5.88 Å². The molecule has 1 N–H and O–H groups in total. The number of alkyl halides is 3. The molecule has 0 aliphatic heterocycles. The second-order valence-electron chi connectivity index (χ2n) is 7.26. The summed E-state index contributed by atoms with van der Waals surface area (Å²) in [4.78, 5) is 21.1. The lowest BCUT2D eigenvalue weighted by Crippen LogP contribution is -2.24. The highest BCUT2D eigenvalue weighted by molar-refractivity contribution is 7.10. The van der Waals surface area contributed by atoms with Crippen LogP contribution in [0.3, 0.4) is 0 Å². The van der Waals surface area contributed by atoms with Gasteiger partial charge in [-0.3, -0.25) is 4.79 Å². The summed E-state index contributed by atoms with van der Waals surface area (Å²) in [7, 11) is 0. The molecule has 0 atom stereocenters. The van der Waals surface area contributed by atoms with Crippen LogP contribution in [0.25, 0.3) is 5.57 Å². The molecule has 2 aromatic rings. The molecule has 29 heavy (non-hydrogen) atoms. The first-order chi connectivity index (χ1) is 13.9. The Labute approximate surface area is 170 Å². The molecule has 0 bridgehead atoms. The number of pyridine rings is 1. The number of ether oxygens (including phenoxy) is 1. The normalized spacial score (nSPS) is 16.6. The van der Waals surface area contributed by atoms with Gasteiger partial charge in [-0.1, -0.05) is 18.9 Å². The van der Waals surface area contributed by atoms with Crippen molar-refractivity contribution in [1.82, 2.24) is 15.3 Å². The van der Waals surface area contributed by atoms with Gasteiger partial charge in [-0.15, -0.1) is 11.3 Å². The van der Waals surface area contributed by atoms with Gasteiger partial charge >= 0.3 is 6.18 Å². The number of nitrogens with one attached hydrogen (secondary N) is 1. The van der Waals surface area contributed by atoms with Crippen molar-refractivity contribution >= 4 is 22.8 Å². The number of aromatic nitrogens is 2. The molecule has 5 nitrogen and oxygen atoms in total. The summed E-state index contributed by atoms with van der Waals surface area (Å²) >= 11 is 1.54. The molecule has 0 unspecified atom stereocenters. The van der Waals surface area contributed by atoms with E-state index >= 15 is 0 Å². The lowest BCUT2D eigenvalue weighted by Gasteiger charge is -2.17. The van der Waals surface area contributed by atoms with Crippen LogP contribution >= 0.6 is 11.3 Å². The van der Waals surface area contributed by atoms with Crippen molar-refractivity contribution in [2.24, 2.45) is 0 Å². The Morgan fingerprint density at radius 1 is 1.31 bits per heavy atom. The van der Waals surface area contributed by atoms with Crippen molar-refractivity contribution in [3.8, 4) is 5.88 Å². The number of hydrogen-bond acceptors (Lipinski definition) is 5. The monoisotopic (exact) mass is 423 g/mol. The highest BCUT2D eigenvalue weighted by atomic mass is 32.1. The zero-order valence-corrected chi connectivity index (χ0v) is 16.4. The molecule has 0 spiro atoms. The number of rotatable bonds is 7. The summed E-state index contributed by atoms with van der Waals surface area (Å²) in [6.45, 7) is -1.11. The molecule has 1 fully saturated rings. The van der Waals surface area contributed by atoms with E-state index in [-0.39, 0.29) is 24.2 Å². The van der Waals surface area contributed by atoms with Gasteiger partial charge in [-0.2, -0.15) is 13.2 Å². The van der Waals surface area contributed by atoms with E-state index in [0.29, 0.717) is 11.1 Å². The van der Waals surface area contributed by atoms with E-state index in [1.54, 1.807) is 17.4 Å². The fraction of sp³-hybridized carbons (Fsp3) is 0.450. The van der Waals surface area contributed by atoms with Crippen LogP contribution in [0.2, 0.25) is 0 Å². The Hall–Kier alpha value is -2.42. The van der Waals surface area contributed by atoms with Gasteiger partial charge in [-0.05, 0) is 36.8 Å². The molecule has 2 aliphatic rings. The van der Waals surface area contributed by atoms with Crippen LogP contribution in [0.15, 0.2) is 23.7 Å². The fourth-order valence-electron chi connectivity index (χ4n) is 3.43. The quantitative estimate of drug-likeness (QED) is 0.691. The average Bonchev–Trinajstić information content (AvgIpc) is 3.19. The molecule has 2 aromatic heterocycles. The number of carbonyl (C=O) groups excluding carboxylic acids is 1. The Morgan fingerprint density at radius 3 is 2.76 bits per heavy atom. The summed E-state index contributed by atoms with van der Waals surface area (Å²) < 4.78 is 42.6. The van der Waals surface area contributed by atoms with Gasteiger partial charge < -0.3 is 10.1 Å². The largest absolute Gasteiger partial charge is 0.468 e. The molecule has 9 heteroatoms. The molecule has 1 amide bonds. The summed E-state index contributed by atoms with van der Waals surface area (Å²) in [6.07, 6.45) is 3.61. The number of thiazole rings is 1. The van der Waals surface area contributed by atoms with Gasteiger partial charge in [0.05, 0.1) is 17.8 Å². The number of carbonyl (C=O) groups is 1. The molecule has 4 rings (SSSR count). The topological polar surface area (TPSA) is 64.1 Å². The third-order valence-corrected chi connectivity index (χ3v) is 5.94. The molecule has 0 radical (unpaired) electrons. The molecular formula is C20H20F3N3O2S. The van der Waals surface area contributed by atoms with Crippen molar-refractivity contribution in [3.05, 3.63) is 45.5 Å². The number of hydrogen-bond donors (Lipinski definition) is 1. The van der Waals surface area contributed by atoms with Crippen LogP contribution in [-0.4, -0.2) is 28.7 Å². The molecule has 2 aliphatic carbocycles. The van der Waals surface area contributed by atoms with E-state index in [2.05, 4.69) is 21.4 Å². The van der Waals surface area contributed by atoms with Crippen LogP contribution in [0, 0.1) is 0 Å². The van der Waals surface area contributed by atoms with Crippen molar-refractivity contribution < 1.29 is 22.7 Å². The zero-order chi connectivity index (χ0) is 20.4. The maximum atomic E-state index is 12.6. The summed E-state index contributed by atoms with van der Waals surface area (Å²) in [6, 6.07) is 1.62. The number of nitrogens with zero attached hydrogens (tertiary/aromatic N) is 2. The van der Waals surface area contributed by atoms with E-state index in [0.717, 1.165) is 42.8 Å². The van der Waals surface area contributed by atoms with Crippen molar-refractivity contribution in [3.63, 3.8) is 0 Å². The Bertz CT molecular complexity index is 933. The molecule has 0 saturated heterocycles. The van der Waals surface area contributed by atoms with E-state index in [1.807, 2.05) is 5.38 Å². The van der Waals surface area contributed by atoms with Gasteiger partial charge in [0, 0.05) is 17.1 Å². The van der Waals surface area contributed by atoms with E-state index in [1.165, 1.54) is 11.8 Å². The predicted molar refractivity (Wildman–Crippen MR) is 103 cm³/mol. The summed E-state index contributed by atoms with van der Waals surface area (Å²) in [5.74, 6) is -0.307. The summed E-state index contributed by atoms with van der Waals surface area (Å²) in [5, 5.41) is 5.69. The van der Waals surface area contributed by atoms with Crippen LogP contribution in [0.1, 0.15) is 64.6 Å². The molecule has 2 heterocycles. The SMILES string of the molecule is O=C(NCc1csc(C2=CC2)n1)c1cnc(OCC(F)(F)F)c(C2CCCC2)c1. The number of amides is 1. The van der Waals surface area contributed by atoms with Crippen LogP contribution in [-0.2, 0) is 6.54 Å². The molecule has 1 saturated carbocycles. The Kier molecular flexibility index (Phi) is 5.58. The van der Waals surface area contributed by atoms with Gasteiger partial charge in [0.2, 0.25) is 5.88 Å². The Morgan fingerprint density at radius 2 is 2.07 bits per heavy atom. The molecular weight excluding hydrogens is 403 g/mol. The van der Waals surface area contributed by atoms with Crippen LogP contribution < -0.4 is 10.1 Å². The third-order valence-electron chi connectivity index (χ3n) is 4.97. The first-order valence-corrected chi connectivity index (χ1v) is 10.4. The maximum Gasteiger partial charge on any atom is 0.422 e. The van der Waals surface area contributed by atoms with Gasteiger partial charge in [-0.25, -0.2) is 9.97 Å². The molecule has 154 valence electrons. The lowest BCUT2D eigenvalue weighted by atomic mass is 9.97. The number of halogens is 3. The minimum Gasteiger partial charge on any atom is -0.468 e. The standard InChI is InChI=1S/C20H20F3N3O2S/c21-20(22,23)11-28-18-16(12-3-1-2-4-12)7-14(8-25-18)17(27)24-9-15-10-29-19(26-15)13-5-6-13/h5,7-8,10,12H,1-4,6,9,11H2,(H,24,27). The van der Waals surface area contributed by atoms with E-state index in [9.17, 15) is 18.0 Å². The number of allylic oxidation sites excluding steroid dienone is 2. The van der Waals surface area contributed by atoms with Crippen molar-refractivity contribution in [1.29, 1.82) is 0 Å². The zero-order valence-electron chi connectivity index (χ0n) is 15.6. The van der Waals surface area contributed by atoms with Crippen molar-refractivity contribution in [2.45, 2.75) is 50.7 Å². The fourth-order valence-corrected chi connectivity index (χ4v) is 4.30. The first-order valence-electron chi connectivity index (χ1n) is 9.50. The first kappa shape index (κ1) is 19.9. The second kappa shape index (κ2) is 8.14. The van der Waals surface area contributed by atoms with E-state index in [4.69, 9.17) is 4.74 Å². The highest BCUT2D eigenvalue weighted by Gasteiger charge is 2.30. The minimum absolute atomic E-state index is 0.0346. The minimum atomic E-state index is -4.44.